The van der Waals surface area contributed by atoms with Gasteiger partial charge >= 0.3 is 0 Å². The van der Waals surface area contributed by atoms with Crippen LogP contribution < -0.4 is 5.43 Å². The van der Waals surface area contributed by atoms with Gasteiger partial charge in [-0.15, -0.1) is 0 Å². The predicted molar refractivity (Wildman–Crippen MR) is 124 cm³/mol. The smallest absolute Gasteiger partial charge is 0.234 e. The number of rotatable bonds is 9. The molecule has 0 aliphatic heterocycles. The molecule has 1 amide bonds. The first kappa shape index (κ1) is 22.6. The molecule has 0 heterocycles. The van der Waals surface area contributed by atoms with Gasteiger partial charge in [0.05, 0.1) is 17.7 Å². The van der Waals surface area contributed by atoms with Crippen LogP contribution in [-0.2, 0) is 17.6 Å². The van der Waals surface area contributed by atoms with E-state index in [0.29, 0.717) is 23.4 Å². The van der Waals surface area contributed by atoms with Crippen LogP contribution in [0.2, 0.25) is 5.02 Å². The van der Waals surface area contributed by atoms with Gasteiger partial charge in [-0.3, -0.25) is 10.2 Å². The molecular weight excluding hydrogens is 406 g/mol. The highest BCUT2D eigenvalue weighted by molar-refractivity contribution is 6.30. The number of halogens is 1. The summed E-state index contributed by atoms with van der Waals surface area (Å²) in [6, 6.07) is 27.5. The molecule has 158 valence electrons. The van der Waals surface area contributed by atoms with Crippen LogP contribution in [0.25, 0.3) is 0 Å². The van der Waals surface area contributed by atoms with Gasteiger partial charge in [0.15, 0.2) is 0 Å². The summed E-state index contributed by atoms with van der Waals surface area (Å²) in [7, 11) is 1.87. The molecule has 3 rings (SSSR count). The maximum absolute atomic E-state index is 12.6. The zero-order chi connectivity index (χ0) is 22.1. The van der Waals surface area contributed by atoms with Gasteiger partial charge in [-0.25, -0.2) is 5.01 Å². The van der Waals surface area contributed by atoms with Gasteiger partial charge in [0.1, 0.15) is 0 Å². The van der Waals surface area contributed by atoms with Gasteiger partial charge < -0.3 is 0 Å². The van der Waals surface area contributed by atoms with Crippen molar-refractivity contribution in [2.45, 2.75) is 31.7 Å². The molecule has 0 aliphatic carbocycles. The SMILES string of the molecule is CN(NC(=O)CCCc1ccccc1)C(Cc1ccc(Cl)cc1)c1cccc(C#N)c1. The number of amides is 1. The quantitative estimate of drug-likeness (QED) is 0.456. The Bertz CT molecular complexity index is 1030. The molecule has 3 aromatic rings. The standard InChI is InChI=1S/C26H26ClN3O/c1-30(29-26(31)12-6-9-20-7-3-2-4-8-20)25(18-21-13-15-24(27)16-14-21)23-11-5-10-22(17-23)19-28/h2-5,7-8,10-11,13-17,25H,6,9,12,18H2,1H3,(H,29,31). The Labute approximate surface area is 189 Å². The number of hydrogen-bond acceptors (Lipinski definition) is 3. The number of carbonyl (C=O) groups excluding carboxylic acids is 1. The maximum atomic E-state index is 12.6. The van der Waals surface area contributed by atoms with Gasteiger partial charge in [0.2, 0.25) is 5.91 Å². The normalized spacial score (nSPS) is 11.7. The van der Waals surface area contributed by atoms with Crippen molar-refractivity contribution in [3.63, 3.8) is 0 Å². The van der Waals surface area contributed by atoms with E-state index in [1.165, 1.54) is 5.56 Å². The molecule has 0 saturated carbocycles. The summed E-state index contributed by atoms with van der Waals surface area (Å²) in [5.74, 6) is -0.0176. The van der Waals surface area contributed by atoms with Crippen LogP contribution >= 0.6 is 11.6 Å². The van der Waals surface area contributed by atoms with E-state index in [2.05, 4.69) is 23.6 Å². The summed E-state index contributed by atoms with van der Waals surface area (Å²) in [5, 5.41) is 11.8. The first-order valence-corrected chi connectivity index (χ1v) is 10.7. The molecule has 0 bridgehead atoms. The highest BCUT2D eigenvalue weighted by atomic mass is 35.5. The molecule has 1 unspecified atom stereocenters. The number of hydrogen-bond donors (Lipinski definition) is 1. The third kappa shape index (κ3) is 6.96. The van der Waals surface area contributed by atoms with E-state index in [9.17, 15) is 10.1 Å². The zero-order valence-corrected chi connectivity index (χ0v) is 18.3. The second-order valence-corrected chi connectivity index (χ2v) is 8.01. The number of nitrogens with zero attached hydrogens (tertiary/aromatic N) is 2. The highest BCUT2D eigenvalue weighted by Gasteiger charge is 2.20. The number of nitriles is 1. The number of nitrogens with one attached hydrogen (secondary N) is 1. The van der Waals surface area contributed by atoms with Crippen LogP contribution in [0.4, 0.5) is 0 Å². The molecule has 0 saturated heterocycles. The van der Waals surface area contributed by atoms with E-state index in [0.717, 1.165) is 24.0 Å². The molecule has 0 aliphatic rings. The fraction of sp³-hybridized carbons (Fsp3) is 0.231. The highest BCUT2D eigenvalue weighted by Crippen LogP contribution is 2.25. The van der Waals surface area contributed by atoms with Crippen LogP contribution in [0.1, 0.15) is 41.1 Å². The first-order chi connectivity index (χ1) is 15.0. The summed E-state index contributed by atoms with van der Waals surface area (Å²) < 4.78 is 0. The van der Waals surface area contributed by atoms with Crippen LogP contribution in [0.5, 0.6) is 0 Å². The molecule has 31 heavy (non-hydrogen) atoms. The lowest BCUT2D eigenvalue weighted by molar-refractivity contribution is -0.126. The monoisotopic (exact) mass is 431 g/mol. The van der Waals surface area contributed by atoms with Crippen molar-refractivity contribution in [1.82, 2.24) is 10.4 Å². The average Bonchev–Trinajstić information content (AvgIpc) is 2.79. The van der Waals surface area contributed by atoms with E-state index < -0.39 is 0 Å². The minimum absolute atomic E-state index is 0.0176. The molecule has 0 aromatic heterocycles. The summed E-state index contributed by atoms with van der Waals surface area (Å²) in [6.07, 6.45) is 2.78. The number of carbonyl (C=O) groups is 1. The van der Waals surface area contributed by atoms with Crippen molar-refractivity contribution in [2.24, 2.45) is 0 Å². The van der Waals surface area contributed by atoms with Gasteiger partial charge in [0, 0.05) is 18.5 Å². The lowest BCUT2D eigenvalue weighted by Gasteiger charge is -2.29. The van der Waals surface area contributed by atoms with Gasteiger partial charge in [-0.2, -0.15) is 5.26 Å². The molecule has 4 nitrogen and oxygen atoms in total. The summed E-state index contributed by atoms with van der Waals surface area (Å²) in [5.41, 5.74) is 6.92. The van der Waals surface area contributed by atoms with Crippen LogP contribution in [0, 0.1) is 11.3 Å². The molecular formula is C26H26ClN3O. The van der Waals surface area contributed by atoms with Gasteiger partial charge in [0.25, 0.3) is 0 Å². The van der Waals surface area contributed by atoms with Crippen molar-refractivity contribution in [3.8, 4) is 6.07 Å². The van der Waals surface area contributed by atoms with Gasteiger partial charge in [-0.05, 0) is 60.2 Å². The summed E-state index contributed by atoms with van der Waals surface area (Å²) in [4.78, 5) is 12.6. The molecule has 0 fully saturated rings. The lowest BCUT2D eigenvalue weighted by atomic mass is 9.97. The molecule has 1 atom stereocenters. The molecule has 0 spiro atoms. The third-order valence-electron chi connectivity index (χ3n) is 5.22. The number of hydrazine groups is 1. The zero-order valence-electron chi connectivity index (χ0n) is 17.6. The minimum atomic E-state index is -0.118. The Hall–Kier alpha value is -3.13. The summed E-state index contributed by atoms with van der Waals surface area (Å²) in [6.45, 7) is 0. The lowest BCUT2D eigenvalue weighted by Crippen LogP contribution is -2.42. The number of likely N-dealkylation sites (N-methyl/N-ethyl adjacent to an activating group) is 1. The van der Waals surface area contributed by atoms with Crippen molar-refractivity contribution in [1.29, 1.82) is 5.26 Å². The fourth-order valence-electron chi connectivity index (χ4n) is 3.57. The molecule has 1 N–H and O–H groups in total. The van der Waals surface area contributed by atoms with Crippen molar-refractivity contribution in [2.75, 3.05) is 7.05 Å². The van der Waals surface area contributed by atoms with Crippen LogP contribution in [-0.4, -0.2) is 18.0 Å². The minimum Gasteiger partial charge on any atom is -0.289 e. The number of benzene rings is 3. The van der Waals surface area contributed by atoms with E-state index in [1.807, 2.05) is 72.7 Å². The molecule has 5 heteroatoms. The molecule has 3 aromatic carbocycles. The van der Waals surface area contributed by atoms with E-state index in [4.69, 9.17) is 11.6 Å². The van der Waals surface area contributed by atoms with E-state index in [-0.39, 0.29) is 11.9 Å². The fourth-order valence-corrected chi connectivity index (χ4v) is 3.69. The largest absolute Gasteiger partial charge is 0.289 e. The van der Waals surface area contributed by atoms with Crippen molar-refractivity contribution < 1.29 is 4.79 Å². The van der Waals surface area contributed by atoms with Crippen LogP contribution in [0.3, 0.4) is 0 Å². The Morgan fingerprint density at radius 1 is 1.03 bits per heavy atom. The Kier molecular flexibility index (Phi) is 8.23. The predicted octanol–water partition coefficient (Wildman–Crippen LogP) is 5.48. The Morgan fingerprint density at radius 3 is 2.48 bits per heavy atom. The molecule has 0 radical (unpaired) electrons. The Balaban J connectivity index is 1.67. The van der Waals surface area contributed by atoms with Gasteiger partial charge in [-0.1, -0.05) is 66.2 Å². The van der Waals surface area contributed by atoms with E-state index >= 15 is 0 Å². The average molecular weight is 432 g/mol. The second kappa shape index (κ2) is 11.3. The second-order valence-electron chi connectivity index (χ2n) is 7.57. The van der Waals surface area contributed by atoms with Crippen LogP contribution in [0.15, 0.2) is 78.9 Å². The number of aryl methyl sites for hydroxylation is 1. The van der Waals surface area contributed by atoms with E-state index in [1.54, 1.807) is 6.07 Å². The van der Waals surface area contributed by atoms with Crippen molar-refractivity contribution >= 4 is 17.5 Å². The third-order valence-corrected chi connectivity index (χ3v) is 5.48. The first-order valence-electron chi connectivity index (χ1n) is 10.4. The summed E-state index contributed by atoms with van der Waals surface area (Å²) >= 11 is 6.03. The maximum Gasteiger partial charge on any atom is 0.234 e. The Morgan fingerprint density at radius 2 is 1.77 bits per heavy atom. The topological polar surface area (TPSA) is 56.1 Å². The van der Waals surface area contributed by atoms with Crippen molar-refractivity contribution in [3.05, 3.63) is 106 Å².